The number of carbonyl (C=O) groups excluding carboxylic acids is 2. The molecule has 0 fully saturated rings. The fraction of sp³-hybridized carbons (Fsp3) is 0.300. The van der Waals surface area contributed by atoms with Gasteiger partial charge in [-0.15, -0.1) is 11.3 Å². The number of thiophene rings is 1. The van der Waals surface area contributed by atoms with Crippen molar-refractivity contribution in [1.29, 1.82) is 0 Å². The zero-order valence-corrected chi connectivity index (χ0v) is 17.1. The Kier molecular flexibility index (Phi) is 4.91. The zero-order valence-electron chi connectivity index (χ0n) is 15.6. The van der Waals surface area contributed by atoms with Crippen molar-refractivity contribution in [1.82, 2.24) is 9.88 Å². The topological polar surface area (TPSA) is 63.6 Å². The van der Waals surface area contributed by atoms with E-state index in [0.29, 0.717) is 36.1 Å². The molecule has 28 heavy (non-hydrogen) atoms. The third-order valence-electron chi connectivity index (χ3n) is 5.05. The highest BCUT2D eigenvalue weighted by molar-refractivity contribution is 7.16. The van der Waals surface area contributed by atoms with Gasteiger partial charge in [0, 0.05) is 29.8 Å². The third-order valence-corrected chi connectivity index (χ3v) is 6.25. The summed E-state index contributed by atoms with van der Waals surface area (Å²) in [6.07, 6.45) is 0. The Labute approximate surface area is 171 Å². The van der Waals surface area contributed by atoms with Crippen LogP contribution in [0.4, 0.5) is 5.69 Å². The second kappa shape index (κ2) is 7.24. The second-order valence-corrected chi connectivity index (χ2v) is 8.27. The number of aromatic nitrogens is 1. The molecule has 0 bridgehead atoms. The maximum Gasteiger partial charge on any atom is 0.275 e. The van der Waals surface area contributed by atoms with Gasteiger partial charge in [-0.25, -0.2) is 0 Å². The average molecular weight is 418 g/mol. The summed E-state index contributed by atoms with van der Waals surface area (Å²) in [4.78, 5) is 29.3. The van der Waals surface area contributed by atoms with Gasteiger partial charge in [-0.05, 0) is 48.7 Å². The number of benzene rings is 1. The number of halogens is 1. The minimum absolute atomic E-state index is 0.207. The predicted octanol–water partition coefficient (Wildman–Crippen LogP) is 3.54. The molecule has 1 N–H and O–H groups in total. The lowest BCUT2D eigenvalue weighted by atomic mass is 9.94. The number of anilines is 1. The molecule has 8 heteroatoms. The molecule has 1 aliphatic heterocycles. The average Bonchev–Trinajstić information content (AvgIpc) is 3.26. The number of ether oxygens (including phenoxy) is 1. The Morgan fingerprint density at radius 1 is 1.32 bits per heavy atom. The van der Waals surface area contributed by atoms with Gasteiger partial charge in [0.25, 0.3) is 5.91 Å². The maximum absolute atomic E-state index is 13.5. The van der Waals surface area contributed by atoms with E-state index in [9.17, 15) is 9.59 Å². The van der Waals surface area contributed by atoms with Crippen molar-refractivity contribution in [3.8, 4) is 0 Å². The molecule has 4 rings (SSSR count). The summed E-state index contributed by atoms with van der Waals surface area (Å²) in [5, 5.41) is 6.47. The van der Waals surface area contributed by atoms with Gasteiger partial charge in [-0.3, -0.25) is 14.5 Å². The highest BCUT2D eigenvalue weighted by atomic mass is 35.5. The molecule has 0 aliphatic carbocycles. The van der Waals surface area contributed by atoms with Gasteiger partial charge in [-0.1, -0.05) is 11.6 Å². The van der Waals surface area contributed by atoms with E-state index in [-0.39, 0.29) is 11.8 Å². The number of hydrogen-bond acceptors (Lipinski definition) is 4. The summed E-state index contributed by atoms with van der Waals surface area (Å²) >= 11 is 7.59. The molecule has 1 aliphatic rings. The molecule has 0 saturated carbocycles. The van der Waals surface area contributed by atoms with Crippen LogP contribution in [-0.4, -0.2) is 42.2 Å². The fourth-order valence-electron chi connectivity index (χ4n) is 3.65. The van der Waals surface area contributed by atoms with Crippen LogP contribution in [0.25, 0.3) is 10.2 Å². The molecular weight excluding hydrogens is 398 g/mol. The largest absolute Gasteiger partial charge is 0.383 e. The minimum atomic E-state index is -1.10. The van der Waals surface area contributed by atoms with Crippen molar-refractivity contribution in [2.24, 2.45) is 0 Å². The van der Waals surface area contributed by atoms with E-state index in [2.05, 4.69) is 5.32 Å². The molecule has 0 radical (unpaired) electrons. The van der Waals surface area contributed by atoms with Crippen molar-refractivity contribution >= 4 is 50.7 Å². The van der Waals surface area contributed by atoms with E-state index >= 15 is 0 Å². The van der Waals surface area contributed by atoms with Crippen molar-refractivity contribution in [2.45, 2.75) is 19.0 Å². The minimum Gasteiger partial charge on any atom is -0.383 e. The molecule has 3 aromatic rings. The summed E-state index contributed by atoms with van der Waals surface area (Å²) < 4.78 is 6.98. The van der Waals surface area contributed by atoms with Crippen LogP contribution < -0.4 is 10.2 Å². The number of fused-ring (bicyclic) bond motifs is 3. The normalized spacial score (nSPS) is 19.1. The van der Waals surface area contributed by atoms with E-state index in [4.69, 9.17) is 16.3 Å². The summed E-state index contributed by atoms with van der Waals surface area (Å²) in [6, 6.07) is 10.9. The summed E-state index contributed by atoms with van der Waals surface area (Å²) in [6.45, 7) is 2.94. The number of amides is 2. The van der Waals surface area contributed by atoms with Crippen molar-refractivity contribution < 1.29 is 14.3 Å². The van der Waals surface area contributed by atoms with Gasteiger partial charge in [-0.2, -0.15) is 0 Å². The lowest BCUT2D eigenvalue weighted by molar-refractivity contribution is -0.126. The third kappa shape index (κ3) is 2.99. The van der Waals surface area contributed by atoms with Crippen LogP contribution in [0.3, 0.4) is 0 Å². The highest BCUT2D eigenvalue weighted by Crippen LogP contribution is 2.37. The number of nitrogens with one attached hydrogen (secondary N) is 1. The van der Waals surface area contributed by atoms with E-state index < -0.39 is 5.54 Å². The second-order valence-electron chi connectivity index (χ2n) is 6.94. The molecule has 1 atom stereocenters. The molecule has 0 spiro atoms. The van der Waals surface area contributed by atoms with E-state index in [1.165, 1.54) is 0 Å². The number of rotatable bonds is 5. The Balaban J connectivity index is 1.82. The smallest absolute Gasteiger partial charge is 0.275 e. The molecule has 3 heterocycles. The van der Waals surface area contributed by atoms with Crippen LogP contribution in [0.5, 0.6) is 0 Å². The van der Waals surface area contributed by atoms with Crippen molar-refractivity contribution in [2.75, 3.05) is 25.2 Å². The zero-order chi connectivity index (χ0) is 19.9. The van der Waals surface area contributed by atoms with Crippen molar-refractivity contribution in [3.05, 3.63) is 52.5 Å². The molecule has 1 aromatic carbocycles. The molecule has 146 valence electrons. The van der Waals surface area contributed by atoms with Crippen LogP contribution in [0, 0.1) is 0 Å². The van der Waals surface area contributed by atoms with E-state index in [0.717, 1.165) is 10.2 Å². The van der Waals surface area contributed by atoms with Gasteiger partial charge in [0.05, 0.1) is 13.2 Å². The SMILES string of the molecule is COCCNC(=O)C1(C)Cn2c(cc3ccsc32)C(=O)N1c1ccc(Cl)cc1. The molecule has 1 unspecified atom stereocenters. The standard InChI is InChI=1S/C20H20ClN3O3S/c1-20(19(26)22-8-9-27-2)12-23-16(11-13-7-10-28-18(13)23)17(25)24(20)15-5-3-14(21)4-6-15/h3-7,10-11H,8-9,12H2,1-2H3,(H,22,26). The van der Waals surface area contributed by atoms with Crippen LogP contribution >= 0.6 is 22.9 Å². The number of carbonyl (C=O) groups is 2. The first-order valence-electron chi connectivity index (χ1n) is 8.90. The van der Waals surface area contributed by atoms with Crippen LogP contribution in [0.15, 0.2) is 41.8 Å². The quantitative estimate of drug-likeness (QED) is 0.646. The molecule has 2 amide bonds. The van der Waals surface area contributed by atoms with Crippen LogP contribution in [0.1, 0.15) is 17.4 Å². The van der Waals surface area contributed by atoms with Gasteiger partial charge in [0.15, 0.2) is 0 Å². The first-order valence-corrected chi connectivity index (χ1v) is 10.2. The van der Waals surface area contributed by atoms with Gasteiger partial charge in [0.1, 0.15) is 16.1 Å². The van der Waals surface area contributed by atoms with E-state index in [1.807, 2.05) is 22.1 Å². The van der Waals surface area contributed by atoms with Crippen LogP contribution in [-0.2, 0) is 16.1 Å². The Morgan fingerprint density at radius 3 is 2.79 bits per heavy atom. The Hall–Kier alpha value is -2.35. The predicted molar refractivity (Wildman–Crippen MR) is 111 cm³/mol. The number of methoxy groups -OCH3 is 1. The number of nitrogens with zero attached hydrogens (tertiary/aromatic N) is 2. The lowest BCUT2D eigenvalue weighted by Gasteiger charge is -2.43. The van der Waals surface area contributed by atoms with Crippen molar-refractivity contribution in [3.63, 3.8) is 0 Å². The number of hydrogen-bond donors (Lipinski definition) is 1. The van der Waals surface area contributed by atoms with Gasteiger partial charge < -0.3 is 14.6 Å². The first-order chi connectivity index (χ1) is 13.5. The van der Waals surface area contributed by atoms with Gasteiger partial charge in [0.2, 0.25) is 5.91 Å². The van der Waals surface area contributed by atoms with Crippen LogP contribution in [0.2, 0.25) is 5.02 Å². The fourth-order valence-corrected chi connectivity index (χ4v) is 4.67. The Bertz CT molecular complexity index is 1040. The first kappa shape index (κ1) is 19.0. The summed E-state index contributed by atoms with van der Waals surface area (Å²) in [5.41, 5.74) is 0.121. The molecule has 6 nitrogen and oxygen atoms in total. The van der Waals surface area contributed by atoms with Gasteiger partial charge >= 0.3 is 0 Å². The van der Waals surface area contributed by atoms with E-state index in [1.54, 1.807) is 54.5 Å². The molecular formula is C20H20ClN3O3S. The summed E-state index contributed by atoms with van der Waals surface area (Å²) in [7, 11) is 1.58. The monoisotopic (exact) mass is 417 g/mol. The maximum atomic E-state index is 13.5. The summed E-state index contributed by atoms with van der Waals surface area (Å²) in [5.74, 6) is -0.432. The highest BCUT2D eigenvalue weighted by Gasteiger charge is 2.48. The Morgan fingerprint density at radius 2 is 2.07 bits per heavy atom. The molecule has 2 aromatic heterocycles. The lowest BCUT2D eigenvalue weighted by Crippen LogP contribution is -2.64. The molecule has 0 saturated heterocycles.